The first-order chi connectivity index (χ1) is 5.09. The summed E-state index contributed by atoms with van der Waals surface area (Å²) in [7, 11) is 0. The summed E-state index contributed by atoms with van der Waals surface area (Å²) in [5.74, 6) is -0.939. The lowest BCUT2D eigenvalue weighted by Gasteiger charge is -2.09. The topological polar surface area (TPSA) is 81.0 Å². The Bertz CT molecular complexity index is 151. The second-order valence-corrected chi connectivity index (χ2v) is 2.72. The minimum Gasteiger partial charge on any atom is -0.480 e. The molecule has 3 N–H and O–H groups in total. The normalized spacial score (nSPS) is 32.5. The van der Waals surface area contributed by atoms with Gasteiger partial charge >= 0.3 is 5.97 Å². The number of aliphatic hydroxyl groups is 2. The van der Waals surface area contributed by atoms with Gasteiger partial charge in [0, 0.05) is 13.1 Å². The molecule has 0 bridgehead atoms. The van der Waals surface area contributed by atoms with Crippen LogP contribution in [0.1, 0.15) is 0 Å². The van der Waals surface area contributed by atoms with E-state index in [9.17, 15) is 4.79 Å². The molecule has 1 aliphatic rings. The Balaban J connectivity index is 2.35. The van der Waals surface area contributed by atoms with Crippen molar-refractivity contribution in [2.75, 3.05) is 19.6 Å². The Labute approximate surface area is 63.9 Å². The SMILES string of the molecule is O=C(O)CN1C[C@@H](O)[C@@H](O)C1. The van der Waals surface area contributed by atoms with Crippen molar-refractivity contribution < 1.29 is 20.1 Å². The quantitative estimate of drug-likeness (QED) is 0.441. The average Bonchev–Trinajstić information content (AvgIpc) is 2.10. The molecule has 1 aliphatic heterocycles. The first-order valence-corrected chi connectivity index (χ1v) is 3.40. The van der Waals surface area contributed by atoms with Crippen molar-refractivity contribution >= 4 is 5.97 Å². The molecule has 0 aromatic rings. The molecule has 2 atom stereocenters. The van der Waals surface area contributed by atoms with Crippen molar-refractivity contribution in [1.29, 1.82) is 0 Å². The Hall–Kier alpha value is -0.650. The minimum absolute atomic E-state index is 0.117. The minimum atomic E-state index is -0.939. The van der Waals surface area contributed by atoms with Gasteiger partial charge < -0.3 is 15.3 Å². The zero-order valence-electron chi connectivity index (χ0n) is 5.97. The third-order valence-corrected chi connectivity index (χ3v) is 1.69. The van der Waals surface area contributed by atoms with Gasteiger partial charge in [0.25, 0.3) is 0 Å². The van der Waals surface area contributed by atoms with Crippen molar-refractivity contribution in [3.8, 4) is 0 Å². The molecule has 0 saturated carbocycles. The molecule has 5 heteroatoms. The van der Waals surface area contributed by atoms with Crippen molar-refractivity contribution in [1.82, 2.24) is 4.90 Å². The van der Waals surface area contributed by atoms with Gasteiger partial charge in [-0.15, -0.1) is 0 Å². The number of carbonyl (C=O) groups is 1. The zero-order valence-corrected chi connectivity index (χ0v) is 5.97. The van der Waals surface area contributed by atoms with Gasteiger partial charge in [0.1, 0.15) is 0 Å². The molecular formula is C6H11NO4. The van der Waals surface area contributed by atoms with Crippen molar-refractivity contribution in [3.63, 3.8) is 0 Å². The number of aliphatic carboxylic acids is 1. The Morgan fingerprint density at radius 2 is 1.82 bits per heavy atom. The molecule has 0 aliphatic carbocycles. The van der Waals surface area contributed by atoms with E-state index in [4.69, 9.17) is 15.3 Å². The first-order valence-electron chi connectivity index (χ1n) is 3.40. The van der Waals surface area contributed by atoms with Gasteiger partial charge in [0.15, 0.2) is 0 Å². The second kappa shape index (κ2) is 3.17. The Morgan fingerprint density at radius 3 is 2.18 bits per heavy atom. The molecular weight excluding hydrogens is 150 g/mol. The number of β-amino-alcohol motifs (C(OH)–C–C–N with tert-alkyl or cyclic N) is 2. The third-order valence-electron chi connectivity index (χ3n) is 1.69. The summed E-state index contributed by atoms with van der Waals surface area (Å²) in [6.45, 7) is 0.370. The summed E-state index contributed by atoms with van der Waals surface area (Å²) in [6, 6.07) is 0. The number of rotatable bonds is 2. The van der Waals surface area contributed by atoms with E-state index in [-0.39, 0.29) is 19.6 Å². The van der Waals surface area contributed by atoms with Crippen LogP contribution in [0, 0.1) is 0 Å². The molecule has 0 spiro atoms. The number of carboxylic acid groups (broad SMARTS) is 1. The molecule has 1 heterocycles. The molecule has 1 fully saturated rings. The van der Waals surface area contributed by atoms with Crippen molar-refractivity contribution in [2.45, 2.75) is 12.2 Å². The van der Waals surface area contributed by atoms with E-state index in [0.29, 0.717) is 0 Å². The first kappa shape index (κ1) is 8.45. The van der Waals surface area contributed by atoms with Gasteiger partial charge in [-0.1, -0.05) is 0 Å². The van der Waals surface area contributed by atoms with E-state index in [1.54, 1.807) is 0 Å². The molecule has 64 valence electrons. The van der Waals surface area contributed by atoms with Gasteiger partial charge in [-0.25, -0.2) is 0 Å². The van der Waals surface area contributed by atoms with Crippen molar-refractivity contribution in [3.05, 3.63) is 0 Å². The predicted molar refractivity (Wildman–Crippen MR) is 36.1 cm³/mol. The molecule has 1 rings (SSSR count). The number of carboxylic acids is 1. The predicted octanol–water partition coefficient (Wildman–Crippen LogP) is -1.89. The lowest BCUT2D eigenvalue weighted by Crippen LogP contribution is -2.28. The largest absolute Gasteiger partial charge is 0.480 e. The fourth-order valence-electron chi connectivity index (χ4n) is 1.17. The summed E-state index contributed by atoms with van der Waals surface area (Å²) < 4.78 is 0. The molecule has 0 aromatic heterocycles. The van der Waals surface area contributed by atoms with Crippen LogP contribution in [0.15, 0.2) is 0 Å². The van der Waals surface area contributed by atoms with Crippen LogP contribution in [0.25, 0.3) is 0 Å². The van der Waals surface area contributed by atoms with Crippen LogP contribution in [0.2, 0.25) is 0 Å². The van der Waals surface area contributed by atoms with Gasteiger partial charge in [-0.3, -0.25) is 9.69 Å². The Morgan fingerprint density at radius 1 is 1.36 bits per heavy atom. The number of likely N-dealkylation sites (tertiary alicyclic amines) is 1. The monoisotopic (exact) mass is 161 g/mol. The molecule has 0 aromatic carbocycles. The lowest BCUT2D eigenvalue weighted by molar-refractivity contribution is -0.138. The summed E-state index contributed by atoms with van der Waals surface area (Å²) in [5.41, 5.74) is 0. The number of nitrogens with zero attached hydrogens (tertiary/aromatic N) is 1. The molecule has 1 saturated heterocycles. The average molecular weight is 161 g/mol. The van der Waals surface area contributed by atoms with E-state index in [2.05, 4.69) is 0 Å². The van der Waals surface area contributed by atoms with E-state index in [1.807, 2.05) is 0 Å². The number of hydrogen-bond acceptors (Lipinski definition) is 4. The number of hydrogen-bond donors (Lipinski definition) is 3. The summed E-state index contributed by atoms with van der Waals surface area (Å²) in [6.07, 6.45) is -1.59. The second-order valence-electron chi connectivity index (χ2n) is 2.72. The zero-order chi connectivity index (χ0) is 8.43. The smallest absolute Gasteiger partial charge is 0.317 e. The van der Waals surface area contributed by atoms with Gasteiger partial charge in [0.05, 0.1) is 18.8 Å². The standard InChI is InChI=1S/C6H11NO4/c8-4-1-7(2-5(4)9)3-6(10)11/h4-5,8-9H,1-3H2,(H,10,11)/t4-,5+. The van der Waals surface area contributed by atoms with Crippen LogP contribution in [-0.2, 0) is 4.79 Å². The van der Waals surface area contributed by atoms with Crippen LogP contribution >= 0.6 is 0 Å². The highest BCUT2D eigenvalue weighted by Gasteiger charge is 2.30. The van der Waals surface area contributed by atoms with Gasteiger partial charge in [-0.05, 0) is 0 Å². The summed E-state index contributed by atoms with van der Waals surface area (Å²) in [5, 5.41) is 26.3. The van der Waals surface area contributed by atoms with Crippen LogP contribution in [0.4, 0.5) is 0 Å². The van der Waals surface area contributed by atoms with E-state index in [0.717, 1.165) is 0 Å². The van der Waals surface area contributed by atoms with Gasteiger partial charge in [-0.2, -0.15) is 0 Å². The summed E-state index contributed by atoms with van der Waals surface area (Å²) >= 11 is 0. The Kier molecular flexibility index (Phi) is 2.43. The van der Waals surface area contributed by atoms with E-state index >= 15 is 0 Å². The highest BCUT2D eigenvalue weighted by Crippen LogP contribution is 2.08. The highest BCUT2D eigenvalue weighted by molar-refractivity contribution is 5.69. The summed E-state index contributed by atoms with van der Waals surface area (Å²) in [4.78, 5) is 11.7. The highest BCUT2D eigenvalue weighted by atomic mass is 16.4. The molecule has 11 heavy (non-hydrogen) atoms. The molecule has 5 nitrogen and oxygen atoms in total. The molecule has 0 radical (unpaired) electrons. The lowest BCUT2D eigenvalue weighted by atomic mass is 10.3. The maximum atomic E-state index is 10.2. The molecule has 0 amide bonds. The van der Waals surface area contributed by atoms with Crippen LogP contribution < -0.4 is 0 Å². The van der Waals surface area contributed by atoms with E-state index in [1.165, 1.54) is 4.90 Å². The van der Waals surface area contributed by atoms with Gasteiger partial charge in [0.2, 0.25) is 0 Å². The van der Waals surface area contributed by atoms with Crippen LogP contribution in [-0.4, -0.2) is 58.0 Å². The van der Waals surface area contributed by atoms with Crippen LogP contribution in [0.5, 0.6) is 0 Å². The number of aliphatic hydroxyl groups excluding tert-OH is 2. The van der Waals surface area contributed by atoms with Crippen molar-refractivity contribution in [2.24, 2.45) is 0 Å². The van der Waals surface area contributed by atoms with E-state index < -0.39 is 18.2 Å². The maximum Gasteiger partial charge on any atom is 0.317 e. The fraction of sp³-hybridized carbons (Fsp3) is 0.833. The fourth-order valence-corrected chi connectivity index (χ4v) is 1.17. The third kappa shape index (κ3) is 2.14. The van der Waals surface area contributed by atoms with Crippen LogP contribution in [0.3, 0.4) is 0 Å². The molecule has 0 unspecified atom stereocenters. The maximum absolute atomic E-state index is 10.2.